The second-order valence-corrected chi connectivity index (χ2v) is 8.39. The van der Waals surface area contributed by atoms with Gasteiger partial charge in [-0.1, -0.05) is 34.4 Å². The molecule has 8 nitrogen and oxygen atoms in total. The van der Waals surface area contributed by atoms with E-state index >= 15 is 0 Å². The van der Waals surface area contributed by atoms with Crippen molar-refractivity contribution < 1.29 is 14.1 Å². The first-order valence-electron chi connectivity index (χ1n) is 9.43. The fraction of sp³-hybridized carbons (Fsp3) is 0.300. The van der Waals surface area contributed by atoms with E-state index in [-0.39, 0.29) is 12.5 Å². The summed E-state index contributed by atoms with van der Waals surface area (Å²) in [5, 5.41) is 12.4. The summed E-state index contributed by atoms with van der Waals surface area (Å²) in [5.41, 5.74) is 2.52. The van der Waals surface area contributed by atoms with Crippen molar-refractivity contribution in [3.05, 3.63) is 61.9 Å². The van der Waals surface area contributed by atoms with Gasteiger partial charge in [0.1, 0.15) is 11.3 Å². The highest BCUT2D eigenvalue weighted by atomic mass is 35.5. The maximum Gasteiger partial charge on any atom is 0.321 e. The van der Waals surface area contributed by atoms with Crippen LogP contribution in [0.15, 0.2) is 28.1 Å². The van der Waals surface area contributed by atoms with Gasteiger partial charge in [0.05, 0.1) is 28.0 Å². The molecule has 0 unspecified atom stereocenters. The fourth-order valence-electron chi connectivity index (χ4n) is 2.88. The van der Waals surface area contributed by atoms with E-state index in [9.17, 15) is 9.59 Å². The van der Waals surface area contributed by atoms with Crippen LogP contribution in [-0.4, -0.2) is 33.5 Å². The van der Waals surface area contributed by atoms with Gasteiger partial charge in [0.2, 0.25) is 0 Å². The minimum atomic E-state index is -0.397. The Balaban J connectivity index is 1.57. The zero-order valence-corrected chi connectivity index (χ0v) is 19.5. The van der Waals surface area contributed by atoms with Gasteiger partial charge in [0.15, 0.2) is 5.13 Å². The third kappa shape index (κ3) is 5.75. The van der Waals surface area contributed by atoms with E-state index in [1.54, 1.807) is 42.3 Å². The van der Waals surface area contributed by atoms with Crippen molar-refractivity contribution in [2.75, 3.05) is 11.9 Å². The van der Waals surface area contributed by atoms with Crippen molar-refractivity contribution in [1.82, 2.24) is 20.4 Å². The molecule has 0 saturated heterocycles. The minimum Gasteiger partial charge on any atom is -0.361 e. The molecule has 0 spiro atoms. The maximum absolute atomic E-state index is 12.8. The topological polar surface area (TPSA) is 100 Å². The minimum absolute atomic E-state index is 0.166. The van der Waals surface area contributed by atoms with Crippen LogP contribution in [0.1, 0.15) is 40.0 Å². The molecule has 0 saturated carbocycles. The van der Waals surface area contributed by atoms with Gasteiger partial charge in [-0.05, 0) is 38.5 Å². The second-order valence-electron chi connectivity index (χ2n) is 6.72. The molecule has 0 atom stereocenters. The lowest BCUT2D eigenvalue weighted by Gasteiger charge is -2.19. The van der Waals surface area contributed by atoms with Crippen LogP contribution in [0.5, 0.6) is 0 Å². The Hall–Kier alpha value is -2.62. The summed E-state index contributed by atoms with van der Waals surface area (Å²) in [4.78, 5) is 31.1. The molecular formula is C20H21Cl2N5O3S. The normalized spacial score (nSPS) is 10.7. The monoisotopic (exact) mass is 481 g/mol. The average molecular weight is 482 g/mol. The van der Waals surface area contributed by atoms with E-state index < -0.39 is 6.03 Å². The molecule has 2 aromatic heterocycles. The molecule has 3 amide bonds. The highest BCUT2D eigenvalue weighted by Gasteiger charge is 2.23. The number of carbonyl (C=O) groups excluding carboxylic acids is 2. The number of carbonyl (C=O) groups is 2. The second kappa shape index (κ2) is 10.1. The summed E-state index contributed by atoms with van der Waals surface area (Å²) in [5.74, 6) is 0.320. The molecule has 2 heterocycles. The van der Waals surface area contributed by atoms with Gasteiger partial charge in [0, 0.05) is 18.5 Å². The van der Waals surface area contributed by atoms with Gasteiger partial charge in [-0.2, -0.15) is 0 Å². The number of benzene rings is 1. The maximum atomic E-state index is 12.8. The van der Waals surface area contributed by atoms with E-state index in [4.69, 9.17) is 27.7 Å². The lowest BCUT2D eigenvalue weighted by atomic mass is 10.1. The Labute approximate surface area is 193 Å². The predicted molar refractivity (Wildman–Crippen MR) is 121 cm³/mol. The number of nitrogens with one attached hydrogen (secondary N) is 2. The lowest BCUT2D eigenvalue weighted by Crippen LogP contribution is -2.31. The van der Waals surface area contributed by atoms with Crippen LogP contribution < -0.4 is 10.6 Å². The largest absolute Gasteiger partial charge is 0.361 e. The van der Waals surface area contributed by atoms with Crippen LogP contribution >= 0.6 is 34.5 Å². The number of urea groups is 1. The first-order valence-corrected chi connectivity index (χ1v) is 11.1. The number of hydrogen-bond donors (Lipinski definition) is 2. The quantitative estimate of drug-likeness (QED) is 0.492. The van der Waals surface area contributed by atoms with Gasteiger partial charge in [0.25, 0.3) is 5.91 Å². The predicted octanol–water partition coefficient (Wildman–Crippen LogP) is 5.04. The van der Waals surface area contributed by atoms with E-state index in [2.05, 4.69) is 20.8 Å². The molecule has 0 aliphatic rings. The number of aryl methyl sites for hydroxylation is 2. The first-order chi connectivity index (χ1) is 14.8. The summed E-state index contributed by atoms with van der Waals surface area (Å²) in [7, 11) is 0. The van der Waals surface area contributed by atoms with Gasteiger partial charge in [-0.25, -0.2) is 9.78 Å². The Kier molecular flexibility index (Phi) is 7.53. The Morgan fingerprint density at radius 3 is 2.65 bits per heavy atom. The number of amides is 3. The summed E-state index contributed by atoms with van der Waals surface area (Å²) in [6.07, 6.45) is 0. The summed E-state index contributed by atoms with van der Waals surface area (Å²) >= 11 is 13.2. The molecule has 3 aromatic rings. The van der Waals surface area contributed by atoms with Gasteiger partial charge < -0.3 is 14.7 Å². The Morgan fingerprint density at radius 1 is 1.23 bits per heavy atom. The number of rotatable bonds is 7. The van der Waals surface area contributed by atoms with E-state index in [0.717, 1.165) is 5.56 Å². The molecule has 3 rings (SSSR count). The van der Waals surface area contributed by atoms with E-state index in [0.29, 0.717) is 51.0 Å². The van der Waals surface area contributed by atoms with Crippen molar-refractivity contribution in [3.8, 4) is 0 Å². The van der Waals surface area contributed by atoms with E-state index in [1.165, 1.54) is 11.3 Å². The highest BCUT2D eigenvalue weighted by molar-refractivity contribution is 7.13. The smallest absolute Gasteiger partial charge is 0.321 e. The Morgan fingerprint density at radius 2 is 2.00 bits per heavy atom. The molecule has 164 valence electrons. The van der Waals surface area contributed by atoms with Gasteiger partial charge >= 0.3 is 6.03 Å². The number of halogens is 2. The number of hydrogen-bond acceptors (Lipinski definition) is 6. The molecule has 11 heteroatoms. The number of anilines is 1. The van der Waals surface area contributed by atoms with Crippen molar-refractivity contribution in [3.63, 3.8) is 0 Å². The third-order valence-corrected chi connectivity index (χ3v) is 6.02. The summed E-state index contributed by atoms with van der Waals surface area (Å²) in [6.45, 7) is 6.42. The van der Waals surface area contributed by atoms with Crippen molar-refractivity contribution in [1.29, 1.82) is 0 Å². The molecule has 1 aromatic carbocycles. The third-order valence-electron chi connectivity index (χ3n) is 4.48. The molecule has 0 aliphatic carbocycles. The molecule has 31 heavy (non-hydrogen) atoms. The standard InChI is InChI=1S/C20H21Cl2N5O3S/c1-4-27(18(28)17-11(2)26-30-12(17)3)9-14-10-31-20(24-14)25-19(29)23-8-13-5-6-15(21)16(22)7-13/h5-7,10H,4,8-9H2,1-3H3,(H2,23,24,25,29). The van der Waals surface area contributed by atoms with Crippen LogP contribution in [0, 0.1) is 13.8 Å². The molecule has 0 aliphatic heterocycles. The summed E-state index contributed by atoms with van der Waals surface area (Å²) in [6, 6.07) is 4.76. The van der Waals surface area contributed by atoms with Crippen LogP contribution in [0.25, 0.3) is 0 Å². The van der Waals surface area contributed by atoms with Gasteiger partial charge in [-0.15, -0.1) is 11.3 Å². The van der Waals surface area contributed by atoms with Crippen LogP contribution in [-0.2, 0) is 13.1 Å². The van der Waals surface area contributed by atoms with Crippen LogP contribution in [0.2, 0.25) is 10.0 Å². The van der Waals surface area contributed by atoms with Crippen LogP contribution in [0.3, 0.4) is 0 Å². The average Bonchev–Trinajstić information content (AvgIpc) is 3.32. The fourth-order valence-corrected chi connectivity index (χ4v) is 3.90. The first kappa shape index (κ1) is 23.1. The van der Waals surface area contributed by atoms with Crippen molar-refractivity contribution in [2.45, 2.75) is 33.9 Å². The van der Waals surface area contributed by atoms with Gasteiger partial charge in [-0.3, -0.25) is 10.1 Å². The summed E-state index contributed by atoms with van der Waals surface area (Å²) < 4.78 is 5.10. The molecule has 0 bridgehead atoms. The number of aromatic nitrogens is 2. The highest BCUT2D eigenvalue weighted by Crippen LogP contribution is 2.23. The zero-order chi connectivity index (χ0) is 22.5. The van der Waals surface area contributed by atoms with Crippen LogP contribution in [0.4, 0.5) is 9.93 Å². The number of nitrogens with zero attached hydrogens (tertiary/aromatic N) is 3. The Bertz CT molecular complexity index is 1080. The van der Waals surface area contributed by atoms with Crippen molar-refractivity contribution >= 4 is 51.6 Å². The molecule has 2 N–H and O–H groups in total. The zero-order valence-electron chi connectivity index (χ0n) is 17.2. The lowest BCUT2D eigenvalue weighted by molar-refractivity contribution is 0.0748. The molecule has 0 fully saturated rings. The molecular weight excluding hydrogens is 461 g/mol. The SMILES string of the molecule is CCN(Cc1csc(NC(=O)NCc2ccc(Cl)c(Cl)c2)n1)C(=O)c1c(C)noc1C. The molecule has 0 radical (unpaired) electrons. The number of thiazole rings is 1. The van der Waals surface area contributed by atoms with E-state index in [1.807, 2.05) is 6.92 Å². The van der Waals surface area contributed by atoms with Crippen molar-refractivity contribution in [2.24, 2.45) is 0 Å².